The Hall–Kier alpha value is -5.80. The molecule has 6 rings (SSSR count). The predicted octanol–water partition coefficient (Wildman–Crippen LogP) is 7.21. The van der Waals surface area contributed by atoms with Gasteiger partial charge >= 0.3 is 18.3 Å². The molecule has 1 aliphatic rings. The minimum Gasteiger partial charge on any atom is -0.465 e. The first-order valence-electron chi connectivity index (χ1n) is 19.5. The van der Waals surface area contributed by atoms with Crippen LogP contribution in [0, 0.1) is 0 Å². The van der Waals surface area contributed by atoms with Gasteiger partial charge in [0, 0.05) is 24.0 Å². The van der Waals surface area contributed by atoms with Gasteiger partial charge in [0.15, 0.2) is 0 Å². The third kappa shape index (κ3) is 11.9. The van der Waals surface area contributed by atoms with Crippen LogP contribution in [0.15, 0.2) is 66.7 Å². The molecule has 1 fully saturated rings. The number of carbonyl (C=O) groups is 3. The average molecular weight is 850 g/mol. The first kappa shape index (κ1) is 43.8. The van der Waals surface area contributed by atoms with Crippen LogP contribution in [0.5, 0.6) is 6.01 Å². The van der Waals surface area contributed by atoms with Crippen molar-refractivity contribution in [2.45, 2.75) is 78.0 Å². The summed E-state index contributed by atoms with van der Waals surface area (Å²) in [6.07, 6.45) is 0.595. The lowest BCUT2D eigenvalue weighted by Gasteiger charge is -2.22. The quantitative estimate of drug-likeness (QED) is 0.0275. The van der Waals surface area contributed by atoms with Gasteiger partial charge in [0.25, 0.3) is 6.01 Å². The normalized spacial score (nSPS) is 14.1. The van der Waals surface area contributed by atoms with Crippen molar-refractivity contribution in [2.75, 3.05) is 31.3 Å². The fourth-order valence-electron chi connectivity index (χ4n) is 6.51. The Kier molecular flexibility index (Phi) is 15.7. The van der Waals surface area contributed by atoms with E-state index in [2.05, 4.69) is 25.2 Å². The Balaban J connectivity index is 1.11. The number of carbonyl (C=O) groups excluding carboxylic acids is 3. The minimum atomic E-state index is -1.19. The first-order chi connectivity index (χ1) is 29.1. The second-order valence-electron chi connectivity index (χ2n) is 13.5. The average Bonchev–Trinajstić information content (AvgIpc) is 3.86. The molecule has 2 unspecified atom stereocenters. The second kappa shape index (κ2) is 21.5. The summed E-state index contributed by atoms with van der Waals surface area (Å²) in [5.74, 6) is 0.502. The summed E-state index contributed by atoms with van der Waals surface area (Å²) in [6.45, 7) is 5.67. The molecule has 19 nitrogen and oxygen atoms in total. The van der Waals surface area contributed by atoms with Gasteiger partial charge in [-0.2, -0.15) is 16.7 Å². The van der Waals surface area contributed by atoms with Crippen molar-refractivity contribution >= 4 is 41.1 Å². The summed E-state index contributed by atoms with van der Waals surface area (Å²) in [5.41, 5.74) is 4.53. The van der Waals surface area contributed by atoms with Crippen LogP contribution < -0.4 is 4.74 Å². The van der Waals surface area contributed by atoms with Crippen molar-refractivity contribution in [3.8, 4) is 28.5 Å². The van der Waals surface area contributed by atoms with Crippen molar-refractivity contribution in [2.24, 2.45) is 0 Å². The van der Waals surface area contributed by atoms with E-state index in [1.54, 1.807) is 25.1 Å². The third-order valence-electron chi connectivity index (χ3n) is 9.25. The third-order valence-corrected chi connectivity index (χ3v) is 10.2. The zero-order valence-corrected chi connectivity index (χ0v) is 34.2. The highest BCUT2D eigenvalue weighted by molar-refractivity contribution is 7.99. The van der Waals surface area contributed by atoms with Crippen molar-refractivity contribution in [3.05, 3.63) is 77.9 Å². The predicted molar refractivity (Wildman–Crippen MR) is 214 cm³/mol. The number of imidazole rings is 1. The van der Waals surface area contributed by atoms with Gasteiger partial charge in [-0.1, -0.05) is 61.0 Å². The largest absolute Gasteiger partial charge is 0.511 e. The maximum atomic E-state index is 13.5. The Morgan fingerprint density at radius 1 is 0.883 bits per heavy atom. The molecular weight excluding hydrogens is 803 g/mol. The van der Waals surface area contributed by atoms with Crippen LogP contribution >= 0.6 is 11.8 Å². The molecular formula is C40H47N7O12S. The molecule has 2 aromatic heterocycles. The van der Waals surface area contributed by atoms with Crippen LogP contribution in [0.2, 0.25) is 0 Å². The van der Waals surface area contributed by atoms with Crippen molar-refractivity contribution in [1.82, 2.24) is 35.1 Å². The van der Waals surface area contributed by atoms with Crippen molar-refractivity contribution in [3.63, 3.8) is 0 Å². The van der Waals surface area contributed by atoms with Crippen LogP contribution in [0.1, 0.15) is 75.0 Å². The summed E-state index contributed by atoms with van der Waals surface area (Å²) < 4.78 is 34.4. The number of hydrogen-bond donors (Lipinski definition) is 2. The van der Waals surface area contributed by atoms with Gasteiger partial charge in [-0.05, 0) is 73.6 Å². The number of aromatic nitrogens is 6. The smallest absolute Gasteiger partial charge is 0.465 e. The maximum absolute atomic E-state index is 13.5. The van der Waals surface area contributed by atoms with Crippen molar-refractivity contribution in [1.29, 1.82) is 0 Å². The molecule has 2 N–H and O–H groups in total. The van der Waals surface area contributed by atoms with Gasteiger partial charge in [-0.25, -0.2) is 19.2 Å². The summed E-state index contributed by atoms with van der Waals surface area (Å²) in [6, 6.07) is 20.8. The Bertz CT molecular complexity index is 2190. The Morgan fingerprint density at radius 2 is 1.63 bits per heavy atom. The lowest BCUT2D eigenvalue weighted by Crippen LogP contribution is -2.26. The van der Waals surface area contributed by atoms with E-state index in [1.807, 2.05) is 60.0 Å². The minimum absolute atomic E-state index is 0.0651. The number of thioether (sulfide) groups is 1. The topological polar surface area (TPSA) is 221 Å². The molecule has 0 radical (unpaired) electrons. The number of esters is 1. The van der Waals surface area contributed by atoms with E-state index in [1.165, 1.54) is 23.5 Å². The lowest BCUT2D eigenvalue weighted by atomic mass is 9.98. The number of benzene rings is 3. The van der Waals surface area contributed by atoms with E-state index in [0.717, 1.165) is 48.8 Å². The first-order valence-corrected chi connectivity index (χ1v) is 20.7. The fourth-order valence-corrected chi connectivity index (χ4v) is 7.11. The van der Waals surface area contributed by atoms with Crippen LogP contribution in [0.4, 0.5) is 9.59 Å². The highest BCUT2D eigenvalue weighted by atomic mass is 32.2. The van der Waals surface area contributed by atoms with E-state index in [0.29, 0.717) is 53.1 Å². The van der Waals surface area contributed by atoms with Gasteiger partial charge in [-0.15, -0.1) is 15.0 Å². The molecule has 320 valence electrons. The summed E-state index contributed by atoms with van der Waals surface area (Å²) >= 11 is 1.38. The van der Waals surface area contributed by atoms with E-state index in [-0.39, 0.29) is 30.3 Å². The maximum Gasteiger partial charge on any atom is 0.511 e. The number of rotatable bonds is 19. The van der Waals surface area contributed by atoms with Gasteiger partial charge in [0.2, 0.25) is 18.3 Å². The number of tetrazole rings is 1. The fraction of sp³-hybridized carbons (Fsp3) is 0.425. The van der Waals surface area contributed by atoms with Gasteiger partial charge in [-0.3, -0.25) is 15.0 Å². The van der Waals surface area contributed by atoms with Crippen LogP contribution in [0.3, 0.4) is 0 Å². The molecule has 0 amide bonds. The molecule has 20 heteroatoms. The molecule has 2 heterocycles. The molecule has 0 spiro atoms. The molecule has 0 bridgehead atoms. The SMILES string of the molecule is CCOc1nc2cccc(C(=O)OC(C)OC(=O)OC3CCCCC3)c2n1Cc1ccc(-c2ccccc2-c2nnn(C(C)OC(=O)OCCSCCON(O)O)n2)cc1. The van der Waals surface area contributed by atoms with E-state index in [9.17, 15) is 14.4 Å². The molecule has 0 aliphatic heterocycles. The van der Waals surface area contributed by atoms with Crippen molar-refractivity contribution < 1.29 is 58.1 Å². The molecule has 5 aromatic rings. The molecule has 2 atom stereocenters. The monoisotopic (exact) mass is 849 g/mol. The summed E-state index contributed by atoms with van der Waals surface area (Å²) in [4.78, 5) is 48.5. The number of para-hydroxylation sites is 1. The Morgan fingerprint density at radius 3 is 2.38 bits per heavy atom. The van der Waals surface area contributed by atoms with Crippen LogP contribution in [0.25, 0.3) is 33.5 Å². The zero-order chi connectivity index (χ0) is 42.4. The Labute approximate surface area is 349 Å². The number of ether oxygens (including phenoxy) is 6. The van der Waals surface area contributed by atoms with Gasteiger partial charge in [0.05, 0.1) is 41.7 Å². The number of fused-ring (bicyclic) bond motifs is 1. The highest BCUT2D eigenvalue weighted by Gasteiger charge is 2.25. The number of nitrogens with zero attached hydrogens (tertiary/aromatic N) is 7. The zero-order valence-electron chi connectivity index (χ0n) is 33.4. The molecule has 1 saturated carbocycles. The van der Waals surface area contributed by atoms with E-state index < -0.39 is 30.8 Å². The molecule has 0 saturated heterocycles. The lowest BCUT2D eigenvalue weighted by molar-refractivity contribution is -0.490. The summed E-state index contributed by atoms with van der Waals surface area (Å²) in [7, 11) is 0. The van der Waals surface area contributed by atoms with Crippen LogP contribution in [-0.2, 0) is 35.1 Å². The van der Waals surface area contributed by atoms with Gasteiger partial charge < -0.3 is 28.4 Å². The van der Waals surface area contributed by atoms with Gasteiger partial charge in [0.1, 0.15) is 12.7 Å². The number of hydrogen-bond acceptors (Lipinski definition) is 18. The molecule has 3 aromatic carbocycles. The molecule has 60 heavy (non-hydrogen) atoms. The highest BCUT2D eigenvalue weighted by Crippen LogP contribution is 2.32. The molecule has 1 aliphatic carbocycles. The summed E-state index contributed by atoms with van der Waals surface area (Å²) in [5, 5.41) is 29.5. The standard InChI is InChI=1S/C40H47N7O12S/c1-4-53-38-41-34-16-10-15-33(37(48)57-27(3)58-40(50)59-30-11-6-5-7-12-30)35(34)45(38)25-28-17-19-29(20-18-28)31-13-8-9-14-32(31)36-42-44-46(43-36)26(2)56-39(49)54-21-23-60-24-22-55-47(51)52/h8-10,13-20,26-27,30,51-52H,4-7,11-12,21-25H2,1-3H3. The van der Waals surface area contributed by atoms with E-state index in [4.69, 9.17) is 38.8 Å². The second-order valence-corrected chi connectivity index (χ2v) is 14.7. The van der Waals surface area contributed by atoms with Crippen LogP contribution in [-0.4, -0.2) is 108 Å². The van der Waals surface area contributed by atoms with E-state index >= 15 is 0 Å².